The smallest absolute Gasteiger partial charge is 0.311 e. The lowest BCUT2D eigenvalue weighted by Crippen LogP contribution is -2.13. The van der Waals surface area contributed by atoms with Crippen molar-refractivity contribution >= 4 is 21.9 Å². The van der Waals surface area contributed by atoms with Gasteiger partial charge in [0.05, 0.1) is 5.92 Å². The van der Waals surface area contributed by atoms with E-state index in [2.05, 4.69) is 15.9 Å². The molecule has 0 heterocycles. The van der Waals surface area contributed by atoms with Crippen LogP contribution < -0.4 is 0 Å². The van der Waals surface area contributed by atoms with Crippen molar-refractivity contribution < 1.29 is 19.4 Å². The van der Waals surface area contributed by atoms with Crippen molar-refractivity contribution in [2.75, 3.05) is 0 Å². The quantitative estimate of drug-likeness (QED) is 0.893. The fourth-order valence-corrected chi connectivity index (χ4v) is 1.96. The van der Waals surface area contributed by atoms with E-state index in [0.717, 1.165) is 0 Å². The number of halogens is 2. The number of aromatic hydroxyl groups is 1. The Bertz CT molecular complexity index is 392. The van der Waals surface area contributed by atoms with Crippen LogP contribution in [0.3, 0.4) is 0 Å². The van der Waals surface area contributed by atoms with Crippen molar-refractivity contribution in [1.29, 1.82) is 0 Å². The van der Waals surface area contributed by atoms with E-state index in [1.54, 1.807) is 6.92 Å². The summed E-state index contributed by atoms with van der Waals surface area (Å²) in [6.45, 7) is 1.65. The number of phenols is 1. The molecule has 0 fully saturated rings. The molecule has 0 aliphatic carbocycles. The number of aliphatic carboxylic acids is 1. The lowest BCUT2D eigenvalue weighted by atomic mass is 9.96. The number of carbonyl (C=O) groups is 1. The third-order valence-electron chi connectivity index (χ3n) is 2.16. The van der Waals surface area contributed by atoms with Crippen molar-refractivity contribution in [3.63, 3.8) is 0 Å². The molecule has 0 amide bonds. The normalized spacial score (nSPS) is 12.5. The predicted molar refractivity (Wildman–Crippen MR) is 56.4 cm³/mol. The molecule has 0 aliphatic rings. The van der Waals surface area contributed by atoms with Crippen LogP contribution in [0.4, 0.5) is 4.39 Å². The average Bonchev–Trinajstić information content (AvgIpc) is 2.18. The Kier molecular flexibility index (Phi) is 3.68. The molecule has 3 nitrogen and oxygen atoms in total. The summed E-state index contributed by atoms with van der Waals surface area (Å²) in [5.41, 5.74) is -0.00926. The Morgan fingerprint density at radius 1 is 1.60 bits per heavy atom. The van der Waals surface area contributed by atoms with Gasteiger partial charge in [-0.25, -0.2) is 4.39 Å². The summed E-state index contributed by atoms with van der Waals surface area (Å²) in [5, 5.41) is 18.1. The number of hydrogen-bond acceptors (Lipinski definition) is 2. The molecule has 1 rings (SSSR count). The van der Waals surface area contributed by atoms with Gasteiger partial charge in [0, 0.05) is 10.0 Å². The van der Waals surface area contributed by atoms with Gasteiger partial charge >= 0.3 is 5.97 Å². The van der Waals surface area contributed by atoms with Crippen molar-refractivity contribution in [1.82, 2.24) is 0 Å². The summed E-state index contributed by atoms with van der Waals surface area (Å²) >= 11 is 3.08. The first kappa shape index (κ1) is 12.0. The zero-order valence-electron chi connectivity index (χ0n) is 8.00. The molecule has 5 heteroatoms. The topological polar surface area (TPSA) is 57.5 Å². The van der Waals surface area contributed by atoms with Gasteiger partial charge in [0.15, 0.2) is 11.6 Å². The molecule has 0 spiro atoms. The number of rotatable bonds is 3. The van der Waals surface area contributed by atoms with Gasteiger partial charge in [-0.05, 0) is 18.6 Å². The highest BCUT2D eigenvalue weighted by atomic mass is 79.9. The van der Waals surface area contributed by atoms with Crippen molar-refractivity contribution in [3.05, 3.63) is 28.0 Å². The first-order valence-electron chi connectivity index (χ1n) is 4.38. The first-order chi connectivity index (χ1) is 6.99. The number of phenolic OH excluding ortho intramolecular Hbond substituents is 1. The zero-order chi connectivity index (χ0) is 11.6. The molecule has 0 aliphatic heterocycles. The summed E-state index contributed by atoms with van der Waals surface area (Å²) < 4.78 is 13.9. The maximum Gasteiger partial charge on any atom is 0.311 e. The number of benzene rings is 1. The van der Waals surface area contributed by atoms with Gasteiger partial charge in [0.25, 0.3) is 0 Å². The Hall–Kier alpha value is -1.10. The second kappa shape index (κ2) is 4.61. The van der Waals surface area contributed by atoms with Crippen LogP contribution in [-0.4, -0.2) is 16.2 Å². The highest BCUT2D eigenvalue weighted by Gasteiger charge is 2.25. The van der Waals surface area contributed by atoms with Crippen molar-refractivity contribution in [2.24, 2.45) is 0 Å². The molecule has 1 atom stereocenters. The van der Waals surface area contributed by atoms with E-state index in [-0.39, 0.29) is 12.0 Å². The van der Waals surface area contributed by atoms with E-state index in [1.165, 1.54) is 12.1 Å². The molecule has 82 valence electrons. The monoisotopic (exact) mass is 276 g/mol. The molecule has 1 aromatic rings. The lowest BCUT2D eigenvalue weighted by Gasteiger charge is -2.13. The van der Waals surface area contributed by atoms with E-state index in [9.17, 15) is 9.18 Å². The van der Waals surface area contributed by atoms with Gasteiger partial charge in [-0.1, -0.05) is 22.9 Å². The van der Waals surface area contributed by atoms with Crippen molar-refractivity contribution in [2.45, 2.75) is 19.3 Å². The minimum Gasteiger partial charge on any atom is -0.505 e. The van der Waals surface area contributed by atoms with Gasteiger partial charge in [-0.15, -0.1) is 0 Å². The fraction of sp³-hybridized carbons (Fsp3) is 0.300. The average molecular weight is 277 g/mol. The Morgan fingerprint density at radius 3 is 2.67 bits per heavy atom. The molecule has 0 saturated carbocycles. The molecule has 0 radical (unpaired) electrons. The van der Waals surface area contributed by atoms with Crippen LogP contribution >= 0.6 is 15.9 Å². The van der Waals surface area contributed by atoms with E-state index >= 15 is 0 Å². The number of carboxylic acids is 1. The molecule has 0 saturated heterocycles. The molecule has 1 unspecified atom stereocenters. The number of hydrogen-bond donors (Lipinski definition) is 2. The molecule has 1 aromatic carbocycles. The predicted octanol–water partition coefficient (Wildman–Crippen LogP) is 2.87. The second-order valence-corrected chi connectivity index (χ2v) is 3.95. The van der Waals surface area contributed by atoms with Crippen LogP contribution in [0.1, 0.15) is 24.8 Å². The zero-order valence-corrected chi connectivity index (χ0v) is 9.58. The van der Waals surface area contributed by atoms with E-state index in [0.29, 0.717) is 4.47 Å². The molecular formula is C10H10BrFO3. The van der Waals surface area contributed by atoms with E-state index in [1.807, 2.05) is 0 Å². The Labute approximate surface area is 94.7 Å². The molecule has 2 N–H and O–H groups in total. The van der Waals surface area contributed by atoms with Crippen LogP contribution in [0.25, 0.3) is 0 Å². The standard InChI is InChI=1S/C10H10BrFO3/c1-2-5(10(14)15)8-6(11)3-4-7(13)9(8)12/h3-5,13H,2H2,1H3,(H,14,15). The SMILES string of the molecule is CCC(C(=O)O)c1c(Br)ccc(O)c1F. The van der Waals surface area contributed by atoms with E-state index in [4.69, 9.17) is 10.2 Å². The van der Waals surface area contributed by atoms with Crippen LogP contribution in [0.15, 0.2) is 16.6 Å². The third-order valence-corrected chi connectivity index (χ3v) is 2.85. The summed E-state index contributed by atoms with van der Waals surface area (Å²) in [7, 11) is 0. The molecular weight excluding hydrogens is 267 g/mol. The largest absolute Gasteiger partial charge is 0.505 e. The van der Waals surface area contributed by atoms with Crippen molar-refractivity contribution in [3.8, 4) is 5.75 Å². The molecule has 15 heavy (non-hydrogen) atoms. The Morgan fingerprint density at radius 2 is 2.20 bits per heavy atom. The van der Waals surface area contributed by atoms with Crippen LogP contribution in [-0.2, 0) is 4.79 Å². The number of carboxylic acid groups (broad SMARTS) is 1. The van der Waals surface area contributed by atoms with Gasteiger partial charge in [0.2, 0.25) is 0 Å². The third kappa shape index (κ3) is 2.28. The van der Waals surface area contributed by atoms with E-state index < -0.39 is 23.5 Å². The summed E-state index contributed by atoms with van der Waals surface area (Å²) in [6, 6.07) is 2.61. The summed E-state index contributed by atoms with van der Waals surface area (Å²) in [6.07, 6.45) is 0.258. The van der Waals surface area contributed by atoms with Gasteiger partial charge < -0.3 is 10.2 Å². The van der Waals surface area contributed by atoms with Gasteiger partial charge in [-0.3, -0.25) is 4.79 Å². The highest BCUT2D eigenvalue weighted by Crippen LogP contribution is 2.34. The first-order valence-corrected chi connectivity index (χ1v) is 5.18. The summed E-state index contributed by atoms with van der Waals surface area (Å²) in [5.74, 6) is -3.47. The van der Waals surface area contributed by atoms with Crippen LogP contribution in [0.5, 0.6) is 5.75 Å². The summed E-state index contributed by atoms with van der Waals surface area (Å²) in [4.78, 5) is 10.9. The minimum atomic E-state index is -1.11. The molecule has 0 bridgehead atoms. The lowest BCUT2D eigenvalue weighted by molar-refractivity contribution is -0.138. The van der Waals surface area contributed by atoms with Gasteiger partial charge in [0.1, 0.15) is 0 Å². The van der Waals surface area contributed by atoms with Crippen LogP contribution in [0.2, 0.25) is 0 Å². The van der Waals surface area contributed by atoms with Crippen LogP contribution in [0, 0.1) is 5.82 Å². The Balaban J connectivity index is 3.34. The minimum absolute atomic E-state index is 0.00926. The fourth-order valence-electron chi connectivity index (χ4n) is 1.38. The maximum atomic E-state index is 13.5. The second-order valence-electron chi connectivity index (χ2n) is 3.09. The maximum absolute atomic E-state index is 13.5. The highest BCUT2D eigenvalue weighted by molar-refractivity contribution is 9.10. The van der Waals surface area contributed by atoms with Gasteiger partial charge in [-0.2, -0.15) is 0 Å². The molecule has 0 aromatic heterocycles.